The van der Waals surface area contributed by atoms with E-state index >= 15 is 0 Å². The third-order valence-corrected chi connectivity index (χ3v) is 5.55. The van der Waals surface area contributed by atoms with Crippen molar-refractivity contribution in [2.75, 3.05) is 0 Å². The van der Waals surface area contributed by atoms with E-state index in [1.807, 2.05) is 80.0 Å². The largest absolute Gasteiger partial charge is 0.508 e. The number of aromatic nitrogens is 1. The lowest BCUT2D eigenvalue weighted by Gasteiger charge is -2.17. The number of phenols is 1. The van der Waals surface area contributed by atoms with Gasteiger partial charge < -0.3 is 9.84 Å². The minimum Gasteiger partial charge on any atom is -0.508 e. The van der Waals surface area contributed by atoms with Gasteiger partial charge >= 0.3 is 5.97 Å². The summed E-state index contributed by atoms with van der Waals surface area (Å²) in [5.41, 5.74) is 5.91. The number of benzene rings is 3. The maximum absolute atomic E-state index is 12.6. The molecule has 0 aliphatic rings. The second-order valence-corrected chi connectivity index (χ2v) is 7.73. The average Bonchev–Trinajstić information content (AvgIpc) is 2.85. The number of aromatic hydroxyl groups is 1. The number of hydrogen-bond donors (Lipinski definition) is 1. The first kappa shape index (κ1) is 22.0. The molecule has 0 atom stereocenters. The molecular weight excluding hydrogens is 410 g/mol. The molecule has 0 aliphatic heterocycles. The zero-order valence-corrected chi connectivity index (χ0v) is 18.7. The molecule has 0 fully saturated rings. The standard InChI is InChI=1S/C29H25NO3/c1-3-26(21-9-5-4-6-10-21)28(22-12-16-24(31)17-13-22)23-14-18-25(19-15-23)33-29(32)27-11-7-8-20-30(27)2/h4-20H,3H2,1-2H3/p+1/b28-26-. The topological polar surface area (TPSA) is 50.4 Å². The van der Waals surface area contributed by atoms with E-state index in [-0.39, 0.29) is 5.75 Å². The second-order valence-electron chi connectivity index (χ2n) is 7.73. The van der Waals surface area contributed by atoms with Gasteiger partial charge in [0.25, 0.3) is 5.69 Å². The molecule has 4 aromatic rings. The Labute approximate surface area is 194 Å². The fourth-order valence-corrected chi connectivity index (χ4v) is 3.89. The summed E-state index contributed by atoms with van der Waals surface area (Å²) in [6, 6.07) is 30.5. The van der Waals surface area contributed by atoms with Gasteiger partial charge in [-0.25, -0.2) is 4.79 Å². The summed E-state index contributed by atoms with van der Waals surface area (Å²) < 4.78 is 7.33. The van der Waals surface area contributed by atoms with Crippen molar-refractivity contribution in [2.45, 2.75) is 13.3 Å². The highest BCUT2D eigenvalue weighted by Gasteiger charge is 2.19. The molecule has 0 aliphatic carbocycles. The summed E-state index contributed by atoms with van der Waals surface area (Å²) in [7, 11) is 1.81. The lowest BCUT2D eigenvalue weighted by molar-refractivity contribution is -0.673. The molecule has 33 heavy (non-hydrogen) atoms. The number of rotatable bonds is 6. The van der Waals surface area contributed by atoms with Crippen LogP contribution in [0, 0.1) is 0 Å². The zero-order chi connectivity index (χ0) is 23.2. The van der Waals surface area contributed by atoms with Crippen LogP contribution in [0.15, 0.2) is 103 Å². The van der Waals surface area contributed by atoms with Gasteiger partial charge in [0.05, 0.1) is 0 Å². The van der Waals surface area contributed by atoms with Crippen molar-refractivity contribution in [1.29, 1.82) is 0 Å². The number of pyridine rings is 1. The Hall–Kier alpha value is -4.18. The van der Waals surface area contributed by atoms with Gasteiger partial charge in [-0.15, -0.1) is 0 Å². The number of nitrogens with zero attached hydrogens (tertiary/aromatic N) is 1. The van der Waals surface area contributed by atoms with Gasteiger partial charge in [0, 0.05) is 12.1 Å². The fraction of sp³-hybridized carbons (Fsp3) is 0.103. The van der Waals surface area contributed by atoms with Crippen molar-refractivity contribution in [2.24, 2.45) is 7.05 Å². The molecule has 4 heteroatoms. The van der Waals surface area contributed by atoms with E-state index in [1.165, 1.54) is 5.57 Å². The predicted octanol–water partition coefficient (Wildman–Crippen LogP) is 5.81. The number of hydrogen-bond acceptors (Lipinski definition) is 3. The van der Waals surface area contributed by atoms with Crippen LogP contribution in [-0.4, -0.2) is 11.1 Å². The summed E-state index contributed by atoms with van der Waals surface area (Å²) >= 11 is 0. The average molecular weight is 437 g/mol. The van der Waals surface area contributed by atoms with Crippen molar-refractivity contribution in [3.63, 3.8) is 0 Å². The number of phenolic OH excluding ortho intramolecular Hbond substituents is 1. The lowest BCUT2D eigenvalue weighted by atomic mass is 9.88. The highest BCUT2D eigenvalue weighted by molar-refractivity contribution is 5.98. The summed E-state index contributed by atoms with van der Waals surface area (Å²) in [5.74, 6) is 0.307. The van der Waals surface area contributed by atoms with Crippen LogP contribution in [0.2, 0.25) is 0 Å². The monoisotopic (exact) mass is 436 g/mol. The van der Waals surface area contributed by atoms with Crippen LogP contribution in [0.1, 0.15) is 40.5 Å². The molecule has 0 spiro atoms. The third kappa shape index (κ3) is 5.01. The Morgan fingerprint density at radius 3 is 2.00 bits per heavy atom. The predicted molar refractivity (Wildman–Crippen MR) is 130 cm³/mol. The fourth-order valence-electron chi connectivity index (χ4n) is 3.89. The minimum absolute atomic E-state index is 0.229. The first-order valence-corrected chi connectivity index (χ1v) is 10.9. The number of ether oxygens (including phenoxy) is 1. The molecule has 0 amide bonds. The van der Waals surface area contributed by atoms with Gasteiger partial charge in [-0.2, -0.15) is 4.57 Å². The molecule has 1 heterocycles. The van der Waals surface area contributed by atoms with Crippen molar-refractivity contribution in [1.82, 2.24) is 0 Å². The van der Waals surface area contributed by atoms with E-state index in [0.29, 0.717) is 11.4 Å². The van der Waals surface area contributed by atoms with Gasteiger partial charge in [-0.05, 0) is 64.6 Å². The summed E-state index contributed by atoms with van der Waals surface area (Å²) in [6.07, 6.45) is 2.64. The van der Waals surface area contributed by atoms with Gasteiger partial charge in [0.1, 0.15) is 18.5 Å². The van der Waals surface area contributed by atoms with Gasteiger partial charge in [-0.1, -0.05) is 61.5 Å². The van der Waals surface area contributed by atoms with Crippen LogP contribution in [-0.2, 0) is 7.05 Å². The normalized spacial score (nSPS) is 11.6. The third-order valence-electron chi connectivity index (χ3n) is 5.55. The van der Waals surface area contributed by atoms with E-state index in [2.05, 4.69) is 19.1 Å². The molecule has 0 saturated heterocycles. The van der Waals surface area contributed by atoms with Crippen LogP contribution in [0.25, 0.3) is 11.1 Å². The minimum atomic E-state index is -0.404. The van der Waals surface area contributed by atoms with E-state index in [9.17, 15) is 9.90 Å². The number of aryl methyl sites for hydroxylation is 1. The van der Waals surface area contributed by atoms with Crippen molar-refractivity contribution >= 4 is 17.1 Å². The van der Waals surface area contributed by atoms with Crippen LogP contribution >= 0.6 is 0 Å². The van der Waals surface area contributed by atoms with Crippen LogP contribution in [0.4, 0.5) is 0 Å². The molecule has 4 nitrogen and oxygen atoms in total. The highest BCUT2D eigenvalue weighted by Crippen LogP contribution is 2.35. The Balaban J connectivity index is 1.72. The lowest BCUT2D eigenvalue weighted by Crippen LogP contribution is -2.36. The second kappa shape index (κ2) is 9.96. The molecule has 0 saturated carbocycles. The van der Waals surface area contributed by atoms with Gasteiger partial charge in [-0.3, -0.25) is 0 Å². The van der Waals surface area contributed by atoms with Crippen molar-refractivity contribution in [3.05, 3.63) is 126 Å². The van der Waals surface area contributed by atoms with Crippen LogP contribution < -0.4 is 9.30 Å². The molecular formula is C29H26NO3+. The molecule has 4 rings (SSSR count). The van der Waals surface area contributed by atoms with E-state index < -0.39 is 5.97 Å². The Morgan fingerprint density at radius 2 is 1.39 bits per heavy atom. The molecule has 1 N–H and O–H groups in total. The van der Waals surface area contributed by atoms with Gasteiger partial charge in [0.15, 0.2) is 6.20 Å². The number of allylic oxidation sites excluding steroid dienone is 1. The van der Waals surface area contributed by atoms with Crippen molar-refractivity contribution < 1.29 is 19.2 Å². The first-order chi connectivity index (χ1) is 16.1. The molecule has 1 aromatic heterocycles. The van der Waals surface area contributed by atoms with Gasteiger partial charge in [0.2, 0.25) is 0 Å². The van der Waals surface area contributed by atoms with E-state index in [4.69, 9.17) is 4.74 Å². The first-order valence-electron chi connectivity index (χ1n) is 10.9. The summed E-state index contributed by atoms with van der Waals surface area (Å²) in [4.78, 5) is 12.6. The summed E-state index contributed by atoms with van der Waals surface area (Å²) in [5, 5.41) is 9.79. The molecule has 0 radical (unpaired) electrons. The molecule has 0 bridgehead atoms. The van der Waals surface area contributed by atoms with E-state index in [1.54, 1.807) is 22.8 Å². The Morgan fingerprint density at radius 1 is 0.788 bits per heavy atom. The van der Waals surface area contributed by atoms with Crippen LogP contribution in [0.3, 0.4) is 0 Å². The number of carbonyl (C=O) groups excluding carboxylic acids is 1. The number of carbonyl (C=O) groups is 1. The Kier molecular flexibility index (Phi) is 6.65. The van der Waals surface area contributed by atoms with Crippen molar-refractivity contribution in [3.8, 4) is 11.5 Å². The molecule has 3 aromatic carbocycles. The summed E-state index contributed by atoms with van der Waals surface area (Å²) in [6.45, 7) is 2.14. The Bertz CT molecular complexity index is 1270. The highest BCUT2D eigenvalue weighted by atomic mass is 16.5. The maximum Gasteiger partial charge on any atom is 0.409 e. The number of esters is 1. The molecule has 0 unspecified atom stereocenters. The maximum atomic E-state index is 12.6. The quantitative estimate of drug-likeness (QED) is 0.180. The zero-order valence-electron chi connectivity index (χ0n) is 18.7. The van der Waals surface area contributed by atoms with Crippen LogP contribution in [0.5, 0.6) is 11.5 Å². The smallest absolute Gasteiger partial charge is 0.409 e. The SMILES string of the molecule is CC/C(=C(\c1ccc(O)cc1)c1ccc(OC(=O)c2cccc[n+]2C)cc1)c1ccccc1. The molecule has 164 valence electrons. The van der Waals surface area contributed by atoms with E-state index in [0.717, 1.165) is 28.7 Å².